The van der Waals surface area contributed by atoms with Crippen LogP contribution in [0.25, 0.3) is 0 Å². The summed E-state index contributed by atoms with van der Waals surface area (Å²) >= 11 is 0. The first kappa shape index (κ1) is 12.5. The van der Waals surface area contributed by atoms with Crippen molar-refractivity contribution in [1.29, 1.82) is 0 Å². The first-order valence-electron chi connectivity index (χ1n) is 5.91. The highest BCUT2D eigenvalue weighted by Crippen LogP contribution is 2.21. The van der Waals surface area contributed by atoms with E-state index in [9.17, 15) is 9.90 Å². The third-order valence-corrected chi connectivity index (χ3v) is 2.96. The number of hydrogen-bond acceptors (Lipinski definition) is 2. The molecule has 15 heavy (non-hydrogen) atoms. The van der Waals surface area contributed by atoms with Crippen LogP contribution in [0.4, 0.5) is 0 Å². The predicted molar refractivity (Wildman–Crippen MR) is 60.5 cm³/mol. The van der Waals surface area contributed by atoms with Crippen LogP contribution in [0, 0.1) is 5.92 Å². The number of carbonyl (C=O) groups excluding carboxylic acids is 1. The van der Waals surface area contributed by atoms with Crippen LogP contribution in [0.5, 0.6) is 0 Å². The molecule has 0 aromatic rings. The molecule has 1 aliphatic heterocycles. The lowest BCUT2D eigenvalue weighted by atomic mass is 9.94. The summed E-state index contributed by atoms with van der Waals surface area (Å²) in [6.45, 7) is 7.38. The Morgan fingerprint density at radius 1 is 1.53 bits per heavy atom. The Bertz CT molecular complexity index is 224. The van der Waals surface area contributed by atoms with Crippen LogP contribution in [-0.4, -0.2) is 34.6 Å². The summed E-state index contributed by atoms with van der Waals surface area (Å²) in [5, 5.41) is 9.88. The van der Waals surface area contributed by atoms with Gasteiger partial charge in [0.15, 0.2) is 0 Å². The monoisotopic (exact) mass is 213 g/mol. The molecule has 1 unspecified atom stereocenters. The van der Waals surface area contributed by atoms with Crippen molar-refractivity contribution in [2.24, 2.45) is 5.92 Å². The summed E-state index contributed by atoms with van der Waals surface area (Å²) in [5.41, 5.74) is -0.675. The molecule has 0 aromatic heterocycles. The average Bonchev–Trinajstić information content (AvgIpc) is 2.12. The fraction of sp³-hybridized carbons (Fsp3) is 0.917. The SMILES string of the molecule is CC(C)CCC(=O)N1CCCC(C)(O)C1. The van der Waals surface area contributed by atoms with Gasteiger partial charge in [0, 0.05) is 19.5 Å². The van der Waals surface area contributed by atoms with Crippen LogP contribution in [0.2, 0.25) is 0 Å². The van der Waals surface area contributed by atoms with Crippen LogP contribution < -0.4 is 0 Å². The molecule has 0 bridgehead atoms. The standard InChI is InChI=1S/C12H23NO2/c1-10(2)5-6-11(14)13-8-4-7-12(3,15)9-13/h10,15H,4-9H2,1-3H3. The van der Waals surface area contributed by atoms with Crippen molar-refractivity contribution in [2.45, 2.75) is 52.1 Å². The quantitative estimate of drug-likeness (QED) is 0.776. The number of amides is 1. The minimum atomic E-state index is -0.675. The van der Waals surface area contributed by atoms with Gasteiger partial charge < -0.3 is 10.0 Å². The van der Waals surface area contributed by atoms with Crippen molar-refractivity contribution in [3.63, 3.8) is 0 Å². The molecule has 1 saturated heterocycles. The number of piperidine rings is 1. The van der Waals surface area contributed by atoms with E-state index < -0.39 is 5.60 Å². The van der Waals surface area contributed by atoms with E-state index >= 15 is 0 Å². The zero-order chi connectivity index (χ0) is 11.5. The van der Waals surface area contributed by atoms with Crippen LogP contribution in [0.15, 0.2) is 0 Å². The maximum atomic E-state index is 11.8. The summed E-state index contributed by atoms with van der Waals surface area (Å²) in [7, 11) is 0. The van der Waals surface area contributed by atoms with Gasteiger partial charge in [-0.2, -0.15) is 0 Å². The van der Waals surface area contributed by atoms with E-state index in [0.717, 1.165) is 25.8 Å². The normalized spacial score (nSPS) is 27.1. The Kier molecular flexibility index (Phi) is 4.14. The van der Waals surface area contributed by atoms with Gasteiger partial charge >= 0.3 is 0 Å². The lowest BCUT2D eigenvalue weighted by Gasteiger charge is -2.37. The van der Waals surface area contributed by atoms with Gasteiger partial charge in [0.25, 0.3) is 0 Å². The van der Waals surface area contributed by atoms with Crippen LogP contribution >= 0.6 is 0 Å². The fourth-order valence-corrected chi connectivity index (χ4v) is 2.00. The zero-order valence-electron chi connectivity index (χ0n) is 10.1. The number of nitrogens with zero attached hydrogens (tertiary/aromatic N) is 1. The smallest absolute Gasteiger partial charge is 0.222 e. The highest BCUT2D eigenvalue weighted by Gasteiger charge is 2.30. The van der Waals surface area contributed by atoms with Gasteiger partial charge in [-0.3, -0.25) is 4.79 Å². The topological polar surface area (TPSA) is 40.5 Å². The Labute approximate surface area is 92.5 Å². The molecule has 1 atom stereocenters. The average molecular weight is 213 g/mol. The molecule has 0 saturated carbocycles. The first-order chi connectivity index (χ1) is 6.91. The largest absolute Gasteiger partial charge is 0.388 e. The van der Waals surface area contributed by atoms with Gasteiger partial charge in [-0.15, -0.1) is 0 Å². The minimum absolute atomic E-state index is 0.198. The number of likely N-dealkylation sites (tertiary alicyclic amines) is 1. The molecule has 0 spiro atoms. The first-order valence-corrected chi connectivity index (χ1v) is 5.91. The molecule has 0 aliphatic carbocycles. The Morgan fingerprint density at radius 2 is 2.20 bits per heavy atom. The van der Waals surface area contributed by atoms with Crippen molar-refractivity contribution >= 4 is 5.91 Å². The molecule has 3 nitrogen and oxygen atoms in total. The molecule has 0 radical (unpaired) electrons. The van der Waals surface area contributed by atoms with Gasteiger partial charge in [0.2, 0.25) is 5.91 Å². The molecular formula is C12H23NO2. The van der Waals surface area contributed by atoms with Crippen LogP contribution in [0.3, 0.4) is 0 Å². The molecular weight excluding hydrogens is 190 g/mol. The van der Waals surface area contributed by atoms with Crippen molar-refractivity contribution < 1.29 is 9.90 Å². The van der Waals surface area contributed by atoms with Crippen molar-refractivity contribution in [1.82, 2.24) is 4.90 Å². The third-order valence-electron chi connectivity index (χ3n) is 2.96. The van der Waals surface area contributed by atoms with Gasteiger partial charge in [0.05, 0.1) is 5.60 Å². The molecule has 1 aliphatic rings. The number of aliphatic hydroxyl groups is 1. The Hall–Kier alpha value is -0.570. The highest BCUT2D eigenvalue weighted by atomic mass is 16.3. The zero-order valence-corrected chi connectivity index (χ0v) is 10.1. The third kappa shape index (κ3) is 4.20. The number of rotatable bonds is 3. The van der Waals surface area contributed by atoms with E-state index in [-0.39, 0.29) is 5.91 Å². The molecule has 88 valence electrons. The van der Waals surface area contributed by atoms with Gasteiger partial charge in [-0.1, -0.05) is 13.8 Å². The van der Waals surface area contributed by atoms with E-state index in [2.05, 4.69) is 13.8 Å². The van der Waals surface area contributed by atoms with E-state index in [1.54, 1.807) is 0 Å². The van der Waals surface area contributed by atoms with E-state index in [4.69, 9.17) is 0 Å². The molecule has 3 heteroatoms. The highest BCUT2D eigenvalue weighted by molar-refractivity contribution is 5.76. The molecule has 1 amide bonds. The van der Waals surface area contributed by atoms with Crippen molar-refractivity contribution in [3.05, 3.63) is 0 Å². The van der Waals surface area contributed by atoms with Crippen molar-refractivity contribution in [2.75, 3.05) is 13.1 Å². The van der Waals surface area contributed by atoms with Crippen molar-refractivity contribution in [3.8, 4) is 0 Å². The summed E-state index contributed by atoms with van der Waals surface area (Å²) < 4.78 is 0. The van der Waals surface area contributed by atoms with Crippen LogP contribution in [0.1, 0.15) is 46.5 Å². The van der Waals surface area contributed by atoms with E-state index in [1.165, 1.54) is 0 Å². The predicted octanol–water partition coefficient (Wildman–Crippen LogP) is 1.80. The second-order valence-corrected chi connectivity index (χ2v) is 5.35. The lowest BCUT2D eigenvalue weighted by Crippen LogP contribution is -2.48. The molecule has 1 rings (SSSR count). The Morgan fingerprint density at radius 3 is 2.73 bits per heavy atom. The molecule has 0 aromatic carbocycles. The van der Waals surface area contributed by atoms with Crippen LogP contribution in [-0.2, 0) is 4.79 Å². The lowest BCUT2D eigenvalue weighted by molar-refractivity contribution is -0.137. The summed E-state index contributed by atoms with van der Waals surface area (Å²) in [5.74, 6) is 0.767. The van der Waals surface area contributed by atoms with Gasteiger partial charge in [0.1, 0.15) is 0 Å². The molecule has 1 fully saturated rings. The van der Waals surface area contributed by atoms with E-state index in [1.807, 2.05) is 11.8 Å². The van der Waals surface area contributed by atoms with E-state index in [0.29, 0.717) is 18.9 Å². The Balaban J connectivity index is 2.39. The van der Waals surface area contributed by atoms with Gasteiger partial charge in [-0.05, 0) is 32.1 Å². The molecule has 1 heterocycles. The minimum Gasteiger partial charge on any atom is -0.388 e. The summed E-state index contributed by atoms with van der Waals surface area (Å²) in [4.78, 5) is 13.6. The van der Waals surface area contributed by atoms with Gasteiger partial charge in [-0.25, -0.2) is 0 Å². The maximum absolute atomic E-state index is 11.8. The maximum Gasteiger partial charge on any atom is 0.222 e. The molecule has 1 N–H and O–H groups in total. The number of β-amino-alcohol motifs (C(OH)–C–C–N with tert-alkyl or cyclic N) is 1. The summed E-state index contributed by atoms with van der Waals surface area (Å²) in [6, 6.07) is 0. The number of carbonyl (C=O) groups is 1. The fourth-order valence-electron chi connectivity index (χ4n) is 2.00. The summed E-state index contributed by atoms with van der Waals surface area (Å²) in [6.07, 6.45) is 3.28. The second kappa shape index (κ2) is 4.97. The number of hydrogen-bond donors (Lipinski definition) is 1. The second-order valence-electron chi connectivity index (χ2n) is 5.35.